The average molecular weight is 344 g/mol. The fraction of sp³-hybridized carbons (Fsp3) is 0.833. The zero-order valence-corrected chi connectivity index (χ0v) is 15.3. The molecule has 0 heterocycles. The summed E-state index contributed by atoms with van der Waals surface area (Å²) in [6, 6.07) is 0. The summed E-state index contributed by atoms with van der Waals surface area (Å²) >= 11 is 0. The summed E-state index contributed by atoms with van der Waals surface area (Å²) in [7, 11) is 0. The number of carbonyl (C=O) groups is 3. The number of carboxylic acids is 2. The van der Waals surface area contributed by atoms with Crippen LogP contribution in [-0.2, 0) is 19.1 Å². The van der Waals surface area contributed by atoms with Crippen LogP contribution in [0.2, 0.25) is 0 Å². The van der Waals surface area contributed by atoms with Gasteiger partial charge in [-0.3, -0.25) is 14.4 Å². The van der Waals surface area contributed by atoms with Gasteiger partial charge >= 0.3 is 17.9 Å². The summed E-state index contributed by atoms with van der Waals surface area (Å²) in [5.74, 6) is -6.61. The molecule has 0 aliphatic rings. The van der Waals surface area contributed by atoms with Crippen LogP contribution in [0.3, 0.4) is 0 Å². The van der Waals surface area contributed by atoms with Crippen molar-refractivity contribution in [3.8, 4) is 0 Å². The van der Waals surface area contributed by atoms with Crippen LogP contribution in [0.25, 0.3) is 0 Å². The third-order valence-electron chi connectivity index (χ3n) is 3.77. The molecule has 6 nitrogen and oxygen atoms in total. The van der Waals surface area contributed by atoms with Crippen LogP contribution in [0.5, 0.6) is 0 Å². The first-order valence-electron chi connectivity index (χ1n) is 8.78. The lowest BCUT2D eigenvalue weighted by atomic mass is 9.87. The van der Waals surface area contributed by atoms with Crippen molar-refractivity contribution in [2.24, 2.45) is 11.8 Å². The fourth-order valence-corrected chi connectivity index (χ4v) is 2.56. The Labute approximate surface area is 144 Å². The molecule has 0 radical (unpaired) electrons. The third-order valence-corrected chi connectivity index (χ3v) is 3.77. The SMILES string of the molecule is CCCCCCCCC[C@@H](C(=O)O)C(C(=O)O)C(=O)OC(C)(C)C. The van der Waals surface area contributed by atoms with Gasteiger partial charge in [-0.05, 0) is 27.2 Å². The molecule has 0 saturated carbocycles. The fourth-order valence-electron chi connectivity index (χ4n) is 2.56. The van der Waals surface area contributed by atoms with Crippen LogP contribution >= 0.6 is 0 Å². The molecule has 24 heavy (non-hydrogen) atoms. The van der Waals surface area contributed by atoms with E-state index >= 15 is 0 Å². The van der Waals surface area contributed by atoms with E-state index in [4.69, 9.17) is 4.74 Å². The van der Waals surface area contributed by atoms with Gasteiger partial charge in [-0.2, -0.15) is 0 Å². The standard InChI is InChI=1S/C18H32O6/c1-5-6-7-8-9-10-11-12-13(15(19)20)14(16(21)22)17(23)24-18(2,3)4/h13-14H,5-12H2,1-4H3,(H,19,20)(H,21,22)/t13-,14?/m1/s1. The van der Waals surface area contributed by atoms with Crippen LogP contribution in [0.4, 0.5) is 0 Å². The summed E-state index contributed by atoms with van der Waals surface area (Å²) in [5.41, 5.74) is -0.854. The van der Waals surface area contributed by atoms with E-state index in [1.54, 1.807) is 20.8 Å². The van der Waals surface area contributed by atoms with Gasteiger partial charge in [-0.1, -0.05) is 51.9 Å². The minimum Gasteiger partial charge on any atom is -0.481 e. The first-order chi connectivity index (χ1) is 11.1. The highest BCUT2D eigenvalue weighted by Gasteiger charge is 2.41. The van der Waals surface area contributed by atoms with Crippen LogP contribution in [0.15, 0.2) is 0 Å². The normalized spacial score (nSPS) is 14.0. The molecular weight excluding hydrogens is 312 g/mol. The lowest BCUT2D eigenvalue weighted by Gasteiger charge is -2.25. The molecule has 2 N–H and O–H groups in total. The van der Waals surface area contributed by atoms with Gasteiger partial charge in [0.2, 0.25) is 0 Å². The molecule has 0 fully saturated rings. The summed E-state index contributed by atoms with van der Waals surface area (Å²) < 4.78 is 5.08. The zero-order chi connectivity index (χ0) is 18.8. The molecule has 0 spiro atoms. The van der Waals surface area contributed by atoms with E-state index in [9.17, 15) is 24.6 Å². The van der Waals surface area contributed by atoms with Crippen molar-refractivity contribution in [3.05, 3.63) is 0 Å². The Balaban J connectivity index is 4.64. The van der Waals surface area contributed by atoms with E-state index in [1.807, 2.05) is 0 Å². The van der Waals surface area contributed by atoms with Crippen molar-refractivity contribution in [1.82, 2.24) is 0 Å². The van der Waals surface area contributed by atoms with E-state index in [-0.39, 0.29) is 6.42 Å². The lowest BCUT2D eigenvalue weighted by Crippen LogP contribution is -2.40. The van der Waals surface area contributed by atoms with E-state index in [0.717, 1.165) is 32.1 Å². The maximum atomic E-state index is 12.1. The molecular formula is C18H32O6. The Kier molecular flexibility index (Phi) is 10.3. The molecule has 2 atom stereocenters. The van der Waals surface area contributed by atoms with Crippen molar-refractivity contribution in [3.63, 3.8) is 0 Å². The van der Waals surface area contributed by atoms with Gasteiger partial charge in [0.25, 0.3) is 0 Å². The summed E-state index contributed by atoms with van der Waals surface area (Å²) in [5, 5.41) is 18.6. The molecule has 0 rings (SSSR count). The van der Waals surface area contributed by atoms with E-state index in [0.29, 0.717) is 6.42 Å². The summed E-state index contributed by atoms with van der Waals surface area (Å²) in [4.78, 5) is 35.0. The van der Waals surface area contributed by atoms with Gasteiger partial charge in [-0.15, -0.1) is 0 Å². The number of ether oxygens (including phenoxy) is 1. The molecule has 0 aromatic carbocycles. The summed E-state index contributed by atoms with van der Waals surface area (Å²) in [6.45, 7) is 7.00. The van der Waals surface area contributed by atoms with Gasteiger partial charge in [0.05, 0.1) is 5.92 Å². The molecule has 0 bridgehead atoms. The van der Waals surface area contributed by atoms with Crippen LogP contribution in [0, 0.1) is 11.8 Å². The first kappa shape index (κ1) is 22.4. The minimum atomic E-state index is -1.66. The quantitative estimate of drug-likeness (QED) is 0.317. The second-order valence-corrected chi connectivity index (χ2v) is 7.20. The van der Waals surface area contributed by atoms with E-state index in [2.05, 4.69) is 6.92 Å². The molecule has 0 aliphatic heterocycles. The smallest absolute Gasteiger partial charge is 0.321 e. The van der Waals surface area contributed by atoms with Crippen molar-refractivity contribution in [2.45, 2.75) is 84.7 Å². The second kappa shape index (κ2) is 11.0. The lowest BCUT2D eigenvalue weighted by molar-refractivity contribution is -0.174. The number of hydrogen-bond donors (Lipinski definition) is 2. The van der Waals surface area contributed by atoms with Gasteiger partial charge in [0, 0.05) is 0 Å². The largest absolute Gasteiger partial charge is 0.481 e. The van der Waals surface area contributed by atoms with Gasteiger partial charge < -0.3 is 14.9 Å². The molecule has 6 heteroatoms. The number of hydrogen-bond acceptors (Lipinski definition) is 4. The number of carboxylic acid groups (broad SMARTS) is 2. The van der Waals surface area contributed by atoms with E-state index < -0.39 is 35.3 Å². The van der Waals surface area contributed by atoms with Crippen molar-refractivity contribution >= 4 is 17.9 Å². The average Bonchev–Trinajstić information content (AvgIpc) is 2.42. The Morgan fingerprint density at radius 2 is 1.38 bits per heavy atom. The first-order valence-corrected chi connectivity index (χ1v) is 8.78. The highest BCUT2D eigenvalue weighted by atomic mass is 16.6. The Morgan fingerprint density at radius 1 is 0.875 bits per heavy atom. The topological polar surface area (TPSA) is 101 Å². The highest BCUT2D eigenvalue weighted by Crippen LogP contribution is 2.24. The van der Waals surface area contributed by atoms with Gasteiger partial charge in [-0.25, -0.2) is 0 Å². The maximum absolute atomic E-state index is 12.1. The Bertz CT molecular complexity index is 410. The van der Waals surface area contributed by atoms with E-state index in [1.165, 1.54) is 6.42 Å². The van der Waals surface area contributed by atoms with Crippen molar-refractivity contribution in [2.75, 3.05) is 0 Å². The molecule has 0 saturated heterocycles. The molecule has 0 aliphatic carbocycles. The Morgan fingerprint density at radius 3 is 1.79 bits per heavy atom. The molecule has 0 amide bonds. The summed E-state index contributed by atoms with van der Waals surface area (Å²) in [6.07, 6.45) is 7.21. The molecule has 1 unspecified atom stereocenters. The number of rotatable bonds is 12. The minimum absolute atomic E-state index is 0.166. The van der Waals surface area contributed by atoms with Crippen molar-refractivity contribution < 1.29 is 29.3 Å². The van der Waals surface area contributed by atoms with Gasteiger partial charge in [0.1, 0.15) is 5.60 Å². The number of esters is 1. The van der Waals surface area contributed by atoms with Crippen LogP contribution in [0.1, 0.15) is 79.1 Å². The predicted octanol–water partition coefficient (Wildman–Crippen LogP) is 3.87. The third kappa shape index (κ3) is 9.53. The molecule has 0 aromatic rings. The predicted molar refractivity (Wildman–Crippen MR) is 90.7 cm³/mol. The monoisotopic (exact) mass is 344 g/mol. The second-order valence-electron chi connectivity index (χ2n) is 7.20. The number of carbonyl (C=O) groups excluding carboxylic acids is 1. The Hall–Kier alpha value is -1.59. The van der Waals surface area contributed by atoms with Crippen LogP contribution in [-0.4, -0.2) is 33.7 Å². The van der Waals surface area contributed by atoms with Crippen molar-refractivity contribution in [1.29, 1.82) is 0 Å². The highest BCUT2D eigenvalue weighted by molar-refractivity contribution is 5.98. The maximum Gasteiger partial charge on any atom is 0.321 e. The zero-order valence-electron chi connectivity index (χ0n) is 15.3. The number of unbranched alkanes of at least 4 members (excludes halogenated alkanes) is 6. The number of aliphatic carboxylic acids is 2. The van der Waals surface area contributed by atoms with Gasteiger partial charge in [0.15, 0.2) is 5.92 Å². The molecule has 140 valence electrons. The van der Waals surface area contributed by atoms with Crippen LogP contribution < -0.4 is 0 Å². The molecule has 0 aromatic heterocycles.